The molecular weight excluding hydrogens is 400 g/mol. The van der Waals surface area contributed by atoms with E-state index in [9.17, 15) is 24.3 Å². The van der Waals surface area contributed by atoms with Crippen LogP contribution in [-0.4, -0.2) is 81.4 Å². The molecular formula is C18H32N4O6S. The standard InChI is InChI=1S/C18H32N4O6S/c1-9(2)7-11(19)15(24)21-14(10(3)23)17(26)22-6-4-5-13(22)16(25)20-12(8-29)18(27)28/h9-14,23,29H,4-8,19H2,1-3H3,(H,20,25)(H,21,24)(H,27,28). The molecule has 10 nitrogen and oxygen atoms in total. The average Bonchev–Trinajstić information content (AvgIpc) is 3.11. The highest BCUT2D eigenvalue weighted by molar-refractivity contribution is 7.80. The maximum absolute atomic E-state index is 13.0. The van der Waals surface area contributed by atoms with Crippen LogP contribution in [-0.2, 0) is 19.2 Å². The van der Waals surface area contributed by atoms with Gasteiger partial charge in [-0.15, -0.1) is 0 Å². The van der Waals surface area contributed by atoms with Crippen molar-refractivity contribution in [1.29, 1.82) is 0 Å². The van der Waals surface area contributed by atoms with Crippen molar-refractivity contribution >= 4 is 36.3 Å². The highest BCUT2D eigenvalue weighted by Crippen LogP contribution is 2.20. The monoisotopic (exact) mass is 432 g/mol. The molecule has 5 unspecified atom stereocenters. The van der Waals surface area contributed by atoms with Gasteiger partial charge in [-0.2, -0.15) is 12.6 Å². The van der Waals surface area contributed by atoms with Gasteiger partial charge in [0, 0.05) is 12.3 Å². The molecule has 0 aromatic heterocycles. The van der Waals surface area contributed by atoms with Crippen LogP contribution >= 0.6 is 12.6 Å². The minimum atomic E-state index is -1.26. The second-order valence-corrected chi connectivity index (χ2v) is 8.10. The van der Waals surface area contributed by atoms with Crippen molar-refractivity contribution in [1.82, 2.24) is 15.5 Å². The van der Waals surface area contributed by atoms with Gasteiger partial charge >= 0.3 is 5.97 Å². The molecule has 0 aromatic rings. The Labute approximate surface area is 176 Å². The van der Waals surface area contributed by atoms with E-state index in [-0.39, 0.29) is 18.2 Å². The van der Waals surface area contributed by atoms with Crippen LogP contribution in [0.3, 0.4) is 0 Å². The molecule has 1 aliphatic rings. The van der Waals surface area contributed by atoms with Crippen molar-refractivity contribution in [2.45, 2.75) is 70.3 Å². The largest absolute Gasteiger partial charge is 0.480 e. The van der Waals surface area contributed by atoms with E-state index in [4.69, 9.17) is 10.8 Å². The van der Waals surface area contributed by atoms with Gasteiger partial charge in [0.1, 0.15) is 18.1 Å². The molecule has 0 bridgehead atoms. The van der Waals surface area contributed by atoms with E-state index >= 15 is 0 Å². The third-order valence-corrected chi connectivity index (χ3v) is 5.11. The number of carbonyl (C=O) groups is 4. The highest BCUT2D eigenvalue weighted by Gasteiger charge is 2.40. The van der Waals surface area contributed by atoms with Gasteiger partial charge in [0.2, 0.25) is 17.7 Å². The Kier molecular flexibility index (Phi) is 9.87. The van der Waals surface area contributed by atoms with Crippen LogP contribution < -0.4 is 16.4 Å². The number of aliphatic hydroxyl groups excluding tert-OH is 1. The average molecular weight is 433 g/mol. The van der Waals surface area contributed by atoms with Crippen LogP contribution in [0.2, 0.25) is 0 Å². The van der Waals surface area contributed by atoms with Gasteiger partial charge in [-0.3, -0.25) is 14.4 Å². The molecule has 0 aliphatic carbocycles. The summed E-state index contributed by atoms with van der Waals surface area (Å²) in [6.07, 6.45) is 0.104. The molecule has 1 heterocycles. The van der Waals surface area contributed by atoms with Crippen LogP contribution in [0.1, 0.15) is 40.0 Å². The van der Waals surface area contributed by atoms with Crippen molar-refractivity contribution in [3.63, 3.8) is 0 Å². The summed E-state index contributed by atoms with van der Waals surface area (Å²) in [7, 11) is 0. The van der Waals surface area contributed by atoms with E-state index in [1.165, 1.54) is 11.8 Å². The number of carbonyl (C=O) groups excluding carboxylic acids is 3. The molecule has 0 spiro atoms. The van der Waals surface area contributed by atoms with Crippen LogP contribution in [0.4, 0.5) is 0 Å². The lowest BCUT2D eigenvalue weighted by Gasteiger charge is -2.31. The molecule has 0 aromatic carbocycles. The van der Waals surface area contributed by atoms with Crippen molar-refractivity contribution < 1.29 is 29.4 Å². The van der Waals surface area contributed by atoms with Crippen LogP contribution in [0.15, 0.2) is 0 Å². The Balaban J connectivity index is 2.88. The summed E-state index contributed by atoms with van der Waals surface area (Å²) in [5.74, 6) is -2.92. The van der Waals surface area contributed by atoms with E-state index in [2.05, 4.69) is 23.3 Å². The SMILES string of the molecule is CC(C)CC(N)C(=O)NC(C(=O)N1CCCC1C(=O)NC(CS)C(=O)O)C(C)O. The van der Waals surface area contributed by atoms with E-state index in [1.54, 1.807) is 0 Å². The number of rotatable bonds is 10. The van der Waals surface area contributed by atoms with E-state index in [1.807, 2.05) is 13.8 Å². The number of aliphatic carboxylic acids is 1. The summed E-state index contributed by atoms with van der Waals surface area (Å²) in [5.41, 5.74) is 5.85. The highest BCUT2D eigenvalue weighted by atomic mass is 32.1. The molecule has 5 atom stereocenters. The molecule has 29 heavy (non-hydrogen) atoms. The van der Waals surface area contributed by atoms with Gasteiger partial charge in [-0.25, -0.2) is 4.79 Å². The summed E-state index contributed by atoms with van der Waals surface area (Å²) < 4.78 is 0. The number of carboxylic acid groups (broad SMARTS) is 1. The number of hydrogen-bond donors (Lipinski definition) is 6. The van der Waals surface area contributed by atoms with E-state index < -0.39 is 54.0 Å². The molecule has 0 saturated carbocycles. The number of aliphatic hydroxyl groups is 1. The number of nitrogens with two attached hydrogens (primary N) is 1. The predicted molar refractivity (Wildman–Crippen MR) is 109 cm³/mol. The van der Waals surface area contributed by atoms with Crippen molar-refractivity contribution in [3.8, 4) is 0 Å². The summed E-state index contributed by atoms with van der Waals surface area (Å²) >= 11 is 3.91. The van der Waals surface area contributed by atoms with Gasteiger partial charge in [-0.1, -0.05) is 13.8 Å². The summed E-state index contributed by atoms with van der Waals surface area (Å²) in [5, 5.41) is 24.0. The molecule has 6 N–H and O–H groups in total. The third kappa shape index (κ3) is 7.16. The van der Waals surface area contributed by atoms with Crippen molar-refractivity contribution in [2.75, 3.05) is 12.3 Å². The quantitative estimate of drug-likeness (QED) is 0.234. The van der Waals surface area contributed by atoms with Crippen LogP contribution in [0, 0.1) is 5.92 Å². The number of likely N-dealkylation sites (tertiary alicyclic amines) is 1. The number of nitrogens with one attached hydrogen (secondary N) is 2. The Bertz CT molecular complexity index is 615. The summed E-state index contributed by atoms with van der Waals surface area (Å²) in [6.45, 7) is 5.44. The van der Waals surface area contributed by atoms with Crippen LogP contribution in [0.5, 0.6) is 0 Å². The Hall–Kier alpha value is -1.85. The van der Waals surface area contributed by atoms with Gasteiger partial charge in [-0.05, 0) is 32.1 Å². The first-order valence-corrected chi connectivity index (χ1v) is 10.3. The Morgan fingerprint density at radius 2 is 1.83 bits per heavy atom. The summed E-state index contributed by atoms with van der Waals surface area (Å²) in [4.78, 5) is 50.2. The summed E-state index contributed by atoms with van der Waals surface area (Å²) in [6, 6.07) is -4.14. The third-order valence-electron chi connectivity index (χ3n) is 4.74. The van der Waals surface area contributed by atoms with E-state index in [0.717, 1.165) is 0 Å². The minimum Gasteiger partial charge on any atom is -0.480 e. The van der Waals surface area contributed by atoms with Crippen molar-refractivity contribution in [3.05, 3.63) is 0 Å². The molecule has 166 valence electrons. The first-order valence-electron chi connectivity index (χ1n) is 9.68. The predicted octanol–water partition coefficient (Wildman–Crippen LogP) is -1.28. The van der Waals surface area contributed by atoms with E-state index in [0.29, 0.717) is 19.3 Å². The number of nitrogens with zero attached hydrogens (tertiary/aromatic N) is 1. The normalized spacial score (nSPS) is 20.7. The number of amides is 3. The topological polar surface area (TPSA) is 162 Å². The van der Waals surface area contributed by atoms with Gasteiger partial charge in [0.05, 0.1) is 12.1 Å². The minimum absolute atomic E-state index is 0.0954. The van der Waals surface area contributed by atoms with Gasteiger partial charge in [0.25, 0.3) is 0 Å². The smallest absolute Gasteiger partial charge is 0.327 e. The Morgan fingerprint density at radius 3 is 2.31 bits per heavy atom. The maximum atomic E-state index is 13.0. The second kappa shape index (κ2) is 11.4. The lowest BCUT2D eigenvalue weighted by atomic mass is 10.0. The zero-order valence-corrected chi connectivity index (χ0v) is 17.9. The molecule has 1 saturated heterocycles. The zero-order chi connectivity index (χ0) is 22.3. The molecule has 1 rings (SSSR count). The molecule has 0 radical (unpaired) electrons. The first kappa shape index (κ1) is 25.2. The number of thiol groups is 1. The Morgan fingerprint density at radius 1 is 1.21 bits per heavy atom. The fourth-order valence-electron chi connectivity index (χ4n) is 3.20. The van der Waals surface area contributed by atoms with Crippen molar-refractivity contribution in [2.24, 2.45) is 11.7 Å². The fraction of sp³-hybridized carbons (Fsp3) is 0.778. The number of hydrogen-bond acceptors (Lipinski definition) is 7. The second-order valence-electron chi connectivity index (χ2n) is 7.73. The lowest BCUT2D eigenvalue weighted by Crippen LogP contribution is -2.59. The zero-order valence-electron chi connectivity index (χ0n) is 17.0. The lowest BCUT2D eigenvalue weighted by molar-refractivity contribution is -0.145. The van der Waals surface area contributed by atoms with Gasteiger partial charge < -0.3 is 31.5 Å². The first-order chi connectivity index (χ1) is 13.5. The molecule has 1 aliphatic heterocycles. The number of carboxylic acids is 1. The fourth-order valence-corrected chi connectivity index (χ4v) is 3.45. The van der Waals surface area contributed by atoms with Crippen LogP contribution in [0.25, 0.3) is 0 Å². The van der Waals surface area contributed by atoms with Gasteiger partial charge in [0.15, 0.2) is 0 Å². The molecule has 3 amide bonds. The molecule has 11 heteroatoms. The molecule has 1 fully saturated rings. The maximum Gasteiger partial charge on any atom is 0.327 e.